The second kappa shape index (κ2) is 7.08. The highest BCUT2D eigenvalue weighted by molar-refractivity contribution is 6.83. The molecule has 0 bridgehead atoms. The Morgan fingerprint density at radius 1 is 1.14 bits per heavy atom. The molecular formula is C17H28N2OSi. The van der Waals surface area contributed by atoms with E-state index in [0.29, 0.717) is 29.6 Å². The van der Waals surface area contributed by atoms with E-state index in [1.54, 1.807) is 6.20 Å². The first-order valence-corrected chi connectivity index (χ1v) is 11.2. The lowest BCUT2D eigenvalue weighted by Crippen LogP contribution is -2.35. The van der Waals surface area contributed by atoms with Crippen molar-refractivity contribution in [1.29, 1.82) is 0 Å². The second-order valence-corrected chi connectivity index (χ2v) is 12.3. The normalized spacial score (nSPS) is 11.7. The van der Waals surface area contributed by atoms with Gasteiger partial charge in [-0.05, 0) is 24.2 Å². The van der Waals surface area contributed by atoms with Crippen molar-refractivity contribution in [2.24, 2.45) is 11.8 Å². The first-order valence-electron chi connectivity index (χ1n) is 7.73. The van der Waals surface area contributed by atoms with Crippen LogP contribution in [0, 0.1) is 28.5 Å². The van der Waals surface area contributed by atoms with E-state index in [1.807, 2.05) is 0 Å². The molecule has 0 saturated heterocycles. The fourth-order valence-corrected chi connectivity index (χ4v) is 2.48. The topological polar surface area (TPSA) is 39.8 Å². The highest BCUT2D eigenvalue weighted by Gasteiger charge is 2.18. The van der Waals surface area contributed by atoms with Crippen LogP contribution in [-0.4, -0.2) is 13.1 Å². The Bertz CT molecular complexity index is 548. The lowest BCUT2D eigenvalue weighted by atomic mass is 10.0. The van der Waals surface area contributed by atoms with Gasteiger partial charge in [-0.15, -0.1) is 5.54 Å². The highest BCUT2D eigenvalue weighted by atomic mass is 28.3. The largest absolute Gasteiger partial charge is 0.618 e. The van der Waals surface area contributed by atoms with Crippen LogP contribution in [0.2, 0.25) is 19.6 Å². The van der Waals surface area contributed by atoms with Crippen LogP contribution in [0.15, 0.2) is 6.20 Å². The molecule has 0 amide bonds. The van der Waals surface area contributed by atoms with E-state index in [1.165, 1.54) is 0 Å². The Hall–Kier alpha value is -1.34. The average molecular weight is 305 g/mol. The molecule has 0 aliphatic carbocycles. The third kappa shape index (κ3) is 6.30. The average Bonchev–Trinajstić information content (AvgIpc) is 2.28. The molecule has 0 aromatic carbocycles. The lowest BCUT2D eigenvalue weighted by molar-refractivity contribution is -0.615. The Morgan fingerprint density at radius 2 is 1.71 bits per heavy atom. The van der Waals surface area contributed by atoms with Gasteiger partial charge in [0.05, 0.1) is 0 Å². The molecule has 21 heavy (non-hydrogen) atoms. The van der Waals surface area contributed by atoms with Crippen LogP contribution >= 0.6 is 0 Å². The van der Waals surface area contributed by atoms with Crippen molar-refractivity contribution in [3.8, 4) is 11.5 Å². The third-order valence-electron chi connectivity index (χ3n) is 2.84. The molecule has 3 nitrogen and oxygen atoms in total. The van der Waals surface area contributed by atoms with Crippen molar-refractivity contribution in [3.05, 3.63) is 28.5 Å². The number of rotatable bonds is 4. The molecule has 0 unspecified atom stereocenters. The molecule has 0 fully saturated rings. The van der Waals surface area contributed by atoms with Gasteiger partial charge in [0.25, 0.3) is 0 Å². The van der Waals surface area contributed by atoms with E-state index >= 15 is 0 Å². The second-order valence-electron chi connectivity index (χ2n) is 7.55. The summed E-state index contributed by atoms with van der Waals surface area (Å²) in [6.45, 7) is 15.1. The summed E-state index contributed by atoms with van der Waals surface area (Å²) in [5, 5.41) is 12.3. The summed E-state index contributed by atoms with van der Waals surface area (Å²) in [7, 11) is -1.48. The fraction of sp³-hybridized carbons (Fsp3) is 0.647. The SMILES string of the molecule is CC(C)Cc1c[n+]([O-])c(CC(C)C)c(C#C[Si](C)(C)C)n1. The predicted octanol–water partition coefficient (Wildman–Crippen LogP) is 3.34. The zero-order chi connectivity index (χ0) is 16.2. The molecule has 1 rings (SSSR count). The summed E-state index contributed by atoms with van der Waals surface area (Å²) >= 11 is 0. The van der Waals surface area contributed by atoms with Gasteiger partial charge < -0.3 is 5.21 Å². The molecule has 0 radical (unpaired) electrons. The molecule has 0 aliphatic heterocycles. The highest BCUT2D eigenvalue weighted by Crippen LogP contribution is 2.11. The van der Waals surface area contributed by atoms with Gasteiger partial charge in [-0.2, -0.15) is 4.73 Å². The van der Waals surface area contributed by atoms with E-state index in [9.17, 15) is 5.21 Å². The van der Waals surface area contributed by atoms with Crippen LogP contribution in [0.5, 0.6) is 0 Å². The van der Waals surface area contributed by atoms with Crippen LogP contribution in [-0.2, 0) is 12.8 Å². The third-order valence-corrected chi connectivity index (χ3v) is 3.71. The standard InChI is InChI=1S/C17H28N2OSi/c1-13(2)10-15-12-19(20)17(11-14(3)4)16(18-15)8-9-21(5,6)7/h12-14H,10-11H2,1-7H3. The number of hydrogen-bond donors (Lipinski definition) is 0. The Kier molecular flexibility index (Phi) is 5.97. The van der Waals surface area contributed by atoms with Gasteiger partial charge in [0.1, 0.15) is 13.8 Å². The smallest absolute Gasteiger partial charge is 0.227 e. The maximum absolute atomic E-state index is 12.3. The first kappa shape index (κ1) is 17.7. The maximum atomic E-state index is 12.3. The van der Waals surface area contributed by atoms with E-state index in [-0.39, 0.29) is 0 Å². The summed E-state index contributed by atoms with van der Waals surface area (Å²) in [5.41, 5.74) is 5.57. The van der Waals surface area contributed by atoms with Crippen molar-refractivity contribution in [1.82, 2.24) is 4.98 Å². The Balaban J connectivity index is 3.31. The van der Waals surface area contributed by atoms with Crippen molar-refractivity contribution in [2.45, 2.75) is 60.2 Å². The molecule has 0 spiro atoms. The summed E-state index contributed by atoms with van der Waals surface area (Å²) in [6, 6.07) is 0. The molecule has 0 atom stereocenters. The van der Waals surface area contributed by atoms with E-state index in [2.05, 4.69) is 63.8 Å². The lowest BCUT2D eigenvalue weighted by Gasteiger charge is -2.11. The van der Waals surface area contributed by atoms with E-state index in [4.69, 9.17) is 0 Å². The van der Waals surface area contributed by atoms with Gasteiger partial charge in [-0.25, -0.2) is 4.98 Å². The van der Waals surface area contributed by atoms with Crippen LogP contribution in [0.4, 0.5) is 0 Å². The van der Waals surface area contributed by atoms with Gasteiger partial charge in [-0.3, -0.25) is 0 Å². The Morgan fingerprint density at radius 3 is 2.19 bits per heavy atom. The zero-order valence-electron chi connectivity index (χ0n) is 14.4. The molecule has 4 heteroatoms. The monoisotopic (exact) mass is 304 g/mol. The molecule has 1 aromatic heterocycles. The minimum atomic E-state index is -1.48. The summed E-state index contributed by atoms with van der Waals surface area (Å²) < 4.78 is 0.985. The van der Waals surface area contributed by atoms with Gasteiger partial charge in [0.15, 0.2) is 5.69 Å². The Labute approximate surface area is 130 Å². The molecule has 116 valence electrons. The number of aromatic nitrogens is 2. The van der Waals surface area contributed by atoms with E-state index < -0.39 is 8.07 Å². The van der Waals surface area contributed by atoms with Gasteiger partial charge >= 0.3 is 0 Å². The summed E-state index contributed by atoms with van der Waals surface area (Å²) in [4.78, 5) is 4.66. The van der Waals surface area contributed by atoms with Gasteiger partial charge in [0.2, 0.25) is 11.9 Å². The van der Waals surface area contributed by atoms with Crippen molar-refractivity contribution < 1.29 is 4.73 Å². The van der Waals surface area contributed by atoms with Crippen molar-refractivity contribution >= 4 is 8.07 Å². The van der Waals surface area contributed by atoms with Crippen molar-refractivity contribution in [3.63, 3.8) is 0 Å². The van der Waals surface area contributed by atoms with Crippen LogP contribution < -0.4 is 4.73 Å². The van der Waals surface area contributed by atoms with E-state index in [0.717, 1.165) is 16.8 Å². The minimum Gasteiger partial charge on any atom is -0.618 e. The molecule has 1 heterocycles. The predicted molar refractivity (Wildman–Crippen MR) is 90.5 cm³/mol. The zero-order valence-corrected chi connectivity index (χ0v) is 15.4. The van der Waals surface area contributed by atoms with Gasteiger partial charge in [-0.1, -0.05) is 47.3 Å². The minimum absolute atomic E-state index is 0.412. The molecule has 0 N–H and O–H groups in total. The molecule has 1 aromatic rings. The number of hydrogen-bond acceptors (Lipinski definition) is 2. The van der Waals surface area contributed by atoms with Crippen LogP contribution in [0.25, 0.3) is 0 Å². The quantitative estimate of drug-likeness (QED) is 0.370. The van der Waals surface area contributed by atoms with Crippen LogP contribution in [0.3, 0.4) is 0 Å². The molecule has 0 aliphatic rings. The first-order chi connectivity index (χ1) is 9.58. The summed E-state index contributed by atoms with van der Waals surface area (Å²) in [6.07, 6.45) is 3.15. The maximum Gasteiger partial charge on any atom is 0.227 e. The van der Waals surface area contributed by atoms with Gasteiger partial charge in [0, 0.05) is 6.42 Å². The summed E-state index contributed by atoms with van der Waals surface area (Å²) in [5.74, 6) is 4.08. The molecular weight excluding hydrogens is 276 g/mol. The van der Waals surface area contributed by atoms with Crippen LogP contribution in [0.1, 0.15) is 44.8 Å². The van der Waals surface area contributed by atoms with Crippen molar-refractivity contribution in [2.75, 3.05) is 0 Å². The fourth-order valence-electron chi connectivity index (χ4n) is 1.99. The number of nitrogens with zero attached hydrogens (tertiary/aromatic N) is 2. The molecule has 0 saturated carbocycles.